The Labute approximate surface area is 50.5 Å². The van der Waals surface area contributed by atoms with Gasteiger partial charge in [-0.3, -0.25) is 5.84 Å². The number of halogens is 3. The van der Waals surface area contributed by atoms with Crippen LogP contribution in [-0.2, 0) is 0 Å². The number of rotatable bonds is 0. The molecule has 0 aliphatic heterocycles. The summed E-state index contributed by atoms with van der Waals surface area (Å²) in [4.78, 5) is 0. The van der Waals surface area contributed by atoms with Crippen molar-refractivity contribution in [3.63, 3.8) is 0 Å². The molecule has 2 nitrogen and oxygen atoms in total. The van der Waals surface area contributed by atoms with Gasteiger partial charge in [0.25, 0.3) is 3.92 Å². The van der Waals surface area contributed by atoms with E-state index in [9.17, 15) is 0 Å². The lowest BCUT2D eigenvalue weighted by atomic mass is 11.4. The lowest BCUT2D eigenvalue weighted by Gasteiger charge is -2.04. The highest BCUT2D eigenvalue weighted by atomic mass is 35.6. The van der Waals surface area contributed by atoms with Gasteiger partial charge in [-0.05, 0) is 0 Å². The SMILES string of the molecule is NNC(Cl)(Cl)Cl. The van der Waals surface area contributed by atoms with Crippen molar-refractivity contribution in [2.45, 2.75) is 3.92 Å². The van der Waals surface area contributed by atoms with Gasteiger partial charge in [0.05, 0.1) is 0 Å². The summed E-state index contributed by atoms with van der Waals surface area (Å²) in [6.07, 6.45) is 0. The van der Waals surface area contributed by atoms with Crippen LogP contribution in [0.4, 0.5) is 0 Å². The largest absolute Gasteiger partial charge is 0.268 e. The minimum Gasteiger partial charge on any atom is -0.268 e. The summed E-state index contributed by atoms with van der Waals surface area (Å²) in [5, 5.41) is 0. The summed E-state index contributed by atoms with van der Waals surface area (Å²) in [7, 11) is 0. The second kappa shape index (κ2) is 2.19. The van der Waals surface area contributed by atoms with Gasteiger partial charge >= 0.3 is 0 Å². The average Bonchev–Trinajstić information content (AvgIpc) is 1.35. The Kier molecular flexibility index (Phi) is 2.48. The molecule has 0 aromatic carbocycles. The second-order valence-corrected chi connectivity index (χ2v) is 2.92. The molecular weight excluding hydrogens is 146 g/mol. The van der Waals surface area contributed by atoms with Crippen LogP contribution in [0, 0.1) is 0 Å². The maximum atomic E-state index is 5.01. The molecule has 0 radical (unpaired) electrons. The maximum Gasteiger partial charge on any atom is 0.257 e. The van der Waals surface area contributed by atoms with Gasteiger partial charge in [0.15, 0.2) is 0 Å². The Morgan fingerprint density at radius 1 is 1.33 bits per heavy atom. The predicted octanol–water partition coefficient (Wildman–Crippen LogP) is 0.777. The van der Waals surface area contributed by atoms with E-state index in [-0.39, 0.29) is 0 Å². The minimum absolute atomic E-state index is 1.51. The van der Waals surface area contributed by atoms with Gasteiger partial charge in [-0.15, -0.1) is 0 Å². The Balaban J connectivity index is 3.17. The number of hydrazine groups is 1. The highest BCUT2D eigenvalue weighted by molar-refractivity contribution is 6.67. The highest BCUT2D eigenvalue weighted by Crippen LogP contribution is 2.19. The van der Waals surface area contributed by atoms with Gasteiger partial charge in [0.2, 0.25) is 0 Å². The third kappa shape index (κ3) is 4.79. The first kappa shape index (κ1) is 6.79. The molecule has 3 N–H and O–H groups in total. The smallest absolute Gasteiger partial charge is 0.257 e. The Hall–Kier alpha value is 0.790. The lowest BCUT2D eigenvalue weighted by Crippen LogP contribution is -2.34. The van der Waals surface area contributed by atoms with E-state index in [1.165, 1.54) is 0 Å². The molecule has 6 heavy (non-hydrogen) atoms. The van der Waals surface area contributed by atoms with E-state index < -0.39 is 3.92 Å². The zero-order chi connectivity index (χ0) is 5.21. The summed E-state index contributed by atoms with van der Waals surface area (Å²) < 4.78 is -1.51. The minimum atomic E-state index is -1.51. The van der Waals surface area contributed by atoms with Crippen molar-refractivity contribution in [1.82, 2.24) is 5.43 Å². The van der Waals surface area contributed by atoms with Gasteiger partial charge in [-0.2, -0.15) is 0 Å². The topological polar surface area (TPSA) is 38.0 Å². The second-order valence-electron chi connectivity index (χ2n) is 0.642. The van der Waals surface area contributed by atoms with Crippen molar-refractivity contribution >= 4 is 34.8 Å². The molecule has 0 rings (SSSR count). The molecule has 0 spiro atoms. The molecule has 0 fully saturated rings. The third-order valence-corrected chi connectivity index (χ3v) is 0.491. The molecule has 0 aromatic heterocycles. The zero-order valence-corrected chi connectivity index (χ0v) is 4.98. The Bertz CT molecular complexity index is 38.5. The van der Waals surface area contributed by atoms with E-state index in [0.29, 0.717) is 0 Å². The standard InChI is InChI=1S/CH3Cl3N2/c2-1(3,4)6-5/h6H,5H2. The molecule has 0 bridgehead atoms. The van der Waals surface area contributed by atoms with Crippen LogP contribution in [0.5, 0.6) is 0 Å². The summed E-state index contributed by atoms with van der Waals surface area (Å²) >= 11 is 15.0. The summed E-state index contributed by atoms with van der Waals surface area (Å²) in [6, 6.07) is 0. The van der Waals surface area contributed by atoms with Gasteiger partial charge in [-0.25, -0.2) is 5.43 Å². The van der Waals surface area contributed by atoms with Crippen molar-refractivity contribution in [1.29, 1.82) is 0 Å². The van der Waals surface area contributed by atoms with Crippen LogP contribution in [0.25, 0.3) is 0 Å². The maximum absolute atomic E-state index is 5.01. The van der Waals surface area contributed by atoms with Crippen LogP contribution in [-0.4, -0.2) is 3.92 Å². The molecule has 0 atom stereocenters. The van der Waals surface area contributed by atoms with E-state index >= 15 is 0 Å². The number of nitrogens with one attached hydrogen (secondary N) is 1. The monoisotopic (exact) mass is 148 g/mol. The van der Waals surface area contributed by atoms with Gasteiger partial charge < -0.3 is 0 Å². The van der Waals surface area contributed by atoms with Gasteiger partial charge in [0, 0.05) is 0 Å². The van der Waals surface area contributed by atoms with E-state index in [1.807, 2.05) is 5.43 Å². The molecule has 38 valence electrons. The van der Waals surface area contributed by atoms with Gasteiger partial charge in [0.1, 0.15) is 0 Å². The molecule has 0 aliphatic carbocycles. The van der Waals surface area contributed by atoms with Crippen LogP contribution in [0.1, 0.15) is 0 Å². The first-order valence-corrected chi connectivity index (χ1v) is 2.24. The number of alkyl halides is 3. The molecule has 0 aromatic rings. The fourth-order valence-electron chi connectivity index (χ4n) is 0. The third-order valence-electron chi connectivity index (χ3n) is 0.164. The first-order valence-electron chi connectivity index (χ1n) is 1.11. The Morgan fingerprint density at radius 2 is 1.50 bits per heavy atom. The Morgan fingerprint density at radius 3 is 1.50 bits per heavy atom. The summed E-state index contributed by atoms with van der Waals surface area (Å²) in [6.45, 7) is 0. The van der Waals surface area contributed by atoms with E-state index in [1.54, 1.807) is 0 Å². The molecule has 0 heterocycles. The molecule has 0 amide bonds. The quantitative estimate of drug-likeness (QED) is 0.231. The van der Waals surface area contributed by atoms with Crippen LogP contribution in [0.2, 0.25) is 0 Å². The molecule has 0 unspecified atom stereocenters. The fourth-order valence-corrected chi connectivity index (χ4v) is 0. The van der Waals surface area contributed by atoms with Crippen LogP contribution >= 0.6 is 34.8 Å². The molecule has 0 saturated heterocycles. The molecule has 0 aliphatic rings. The van der Waals surface area contributed by atoms with Crippen molar-refractivity contribution in [3.05, 3.63) is 0 Å². The van der Waals surface area contributed by atoms with E-state index in [0.717, 1.165) is 0 Å². The molecular formula is CH3Cl3N2. The predicted molar refractivity (Wildman–Crippen MR) is 27.6 cm³/mol. The fraction of sp³-hybridized carbons (Fsp3) is 1.00. The highest BCUT2D eigenvalue weighted by Gasteiger charge is 2.14. The lowest BCUT2D eigenvalue weighted by molar-refractivity contribution is 0.772. The first-order chi connectivity index (χ1) is 2.56. The zero-order valence-electron chi connectivity index (χ0n) is 2.71. The van der Waals surface area contributed by atoms with Gasteiger partial charge in [-0.1, -0.05) is 34.8 Å². The average molecular weight is 149 g/mol. The van der Waals surface area contributed by atoms with Crippen LogP contribution < -0.4 is 11.3 Å². The molecule has 0 saturated carbocycles. The van der Waals surface area contributed by atoms with E-state index in [2.05, 4.69) is 5.84 Å². The molecule has 5 heteroatoms. The number of nitrogens with two attached hydrogens (primary N) is 1. The van der Waals surface area contributed by atoms with Crippen molar-refractivity contribution in [2.24, 2.45) is 5.84 Å². The van der Waals surface area contributed by atoms with Crippen LogP contribution in [0.3, 0.4) is 0 Å². The van der Waals surface area contributed by atoms with Crippen molar-refractivity contribution < 1.29 is 0 Å². The van der Waals surface area contributed by atoms with Crippen LogP contribution in [0.15, 0.2) is 0 Å². The van der Waals surface area contributed by atoms with Crippen molar-refractivity contribution in [3.8, 4) is 0 Å². The van der Waals surface area contributed by atoms with E-state index in [4.69, 9.17) is 34.8 Å². The normalized spacial score (nSPS) is 12.0. The summed E-state index contributed by atoms with van der Waals surface area (Å²) in [5.74, 6) is 4.66. The number of hydrogen-bond donors (Lipinski definition) is 2. The summed E-state index contributed by atoms with van der Waals surface area (Å²) in [5.41, 5.74) is 1.90. The number of hydrogen-bond acceptors (Lipinski definition) is 2. The van der Waals surface area contributed by atoms with Crippen molar-refractivity contribution in [2.75, 3.05) is 0 Å².